The van der Waals surface area contributed by atoms with E-state index < -0.39 is 16.1 Å². The van der Waals surface area contributed by atoms with Crippen molar-refractivity contribution < 1.29 is 13.2 Å². The molecule has 0 bridgehead atoms. The van der Waals surface area contributed by atoms with Gasteiger partial charge < -0.3 is 4.90 Å². The van der Waals surface area contributed by atoms with Crippen LogP contribution >= 0.6 is 11.3 Å². The lowest BCUT2D eigenvalue weighted by Gasteiger charge is -2.33. The molecule has 2 N–H and O–H groups in total. The Morgan fingerprint density at radius 1 is 1.12 bits per heavy atom. The Morgan fingerprint density at radius 3 is 2.50 bits per heavy atom. The van der Waals surface area contributed by atoms with Crippen molar-refractivity contribution in [3.05, 3.63) is 65.2 Å². The molecule has 1 aliphatic rings. The molecule has 10 heteroatoms. The number of aryl methyl sites for hydroxylation is 1. The van der Waals surface area contributed by atoms with E-state index in [1.54, 1.807) is 19.1 Å². The van der Waals surface area contributed by atoms with E-state index in [9.17, 15) is 13.2 Å². The van der Waals surface area contributed by atoms with Crippen LogP contribution in [0.4, 0.5) is 10.8 Å². The summed E-state index contributed by atoms with van der Waals surface area (Å²) in [6.45, 7) is 8.08. The second-order valence-corrected chi connectivity index (χ2v) is 11.7. The highest BCUT2D eigenvalue weighted by Crippen LogP contribution is 2.26. The molecular formula is C24H29N5O3S2. The van der Waals surface area contributed by atoms with Gasteiger partial charge in [-0.3, -0.25) is 10.1 Å². The van der Waals surface area contributed by atoms with Gasteiger partial charge in [-0.15, -0.1) is 10.2 Å². The van der Waals surface area contributed by atoms with Crippen LogP contribution < -0.4 is 14.9 Å². The van der Waals surface area contributed by atoms with Crippen molar-refractivity contribution in [3.63, 3.8) is 0 Å². The number of carbonyl (C=O) groups excluding carboxylic acids is 1. The van der Waals surface area contributed by atoms with Gasteiger partial charge in [-0.2, -0.15) is 0 Å². The molecule has 4 rings (SSSR count). The summed E-state index contributed by atoms with van der Waals surface area (Å²) in [5.74, 6) is 0.308. The molecule has 0 aliphatic carbocycles. The normalized spacial score (nSPS) is 17.4. The van der Waals surface area contributed by atoms with E-state index >= 15 is 0 Å². The van der Waals surface area contributed by atoms with Crippen molar-refractivity contribution in [1.29, 1.82) is 0 Å². The van der Waals surface area contributed by atoms with Crippen molar-refractivity contribution in [3.8, 4) is 0 Å². The number of carbonyl (C=O) groups is 1. The van der Waals surface area contributed by atoms with Gasteiger partial charge in [0.05, 0.1) is 0 Å². The zero-order valence-corrected chi connectivity index (χ0v) is 21.1. The highest BCUT2D eigenvalue weighted by Gasteiger charge is 2.24. The van der Waals surface area contributed by atoms with Crippen molar-refractivity contribution in [1.82, 2.24) is 14.9 Å². The summed E-state index contributed by atoms with van der Waals surface area (Å²) in [4.78, 5) is 14.7. The molecule has 0 radical (unpaired) electrons. The van der Waals surface area contributed by atoms with Crippen LogP contribution in [-0.2, 0) is 10.0 Å². The summed E-state index contributed by atoms with van der Waals surface area (Å²) in [5, 5.41) is 10.3. The van der Waals surface area contributed by atoms with Gasteiger partial charge in [0.2, 0.25) is 9.47 Å². The van der Waals surface area contributed by atoms with E-state index in [0.717, 1.165) is 41.2 Å². The maximum Gasteiger partial charge on any atom is 0.270 e. The summed E-state index contributed by atoms with van der Waals surface area (Å²) in [5.41, 5.74) is 3.51. The van der Waals surface area contributed by atoms with Crippen LogP contribution in [0.25, 0.3) is 0 Å². The van der Waals surface area contributed by atoms with Crippen molar-refractivity contribution >= 4 is 38.1 Å². The Labute approximate surface area is 204 Å². The molecule has 0 unspecified atom stereocenters. The highest BCUT2D eigenvalue weighted by molar-refractivity contribution is 7.91. The van der Waals surface area contributed by atoms with Gasteiger partial charge in [-0.05, 0) is 62.4 Å². The number of aromatic nitrogens is 2. The van der Waals surface area contributed by atoms with Crippen molar-refractivity contribution in [2.45, 2.75) is 44.0 Å². The molecule has 1 fully saturated rings. The lowest BCUT2D eigenvalue weighted by atomic mass is 9.99. The first-order valence-electron chi connectivity index (χ1n) is 11.3. The zero-order chi connectivity index (χ0) is 24.3. The second kappa shape index (κ2) is 10.2. The van der Waals surface area contributed by atoms with Crippen LogP contribution in [0.2, 0.25) is 0 Å². The Kier molecular flexibility index (Phi) is 7.30. The summed E-state index contributed by atoms with van der Waals surface area (Å²) in [6, 6.07) is 14.6. The minimum Gasteiger partial charge on any atom is -0.371 e. The predicted molar refractivity (Wildman–Crippen MR) is 135 cm³/mol. The first-order chi connectivity index (χ1) is 16.2. The Balaban J connectivity index is 1.39. The standard InChI is InChI=1S/C24H29N5O3S2/c1-16-6-8-20(9-7-16)22(30)25-23-26-27-24(33-23)34(31,32)28-18(3)19-10-12-21(13-11-19)29-14-4-5-17(2)15-29/h6-13,17-18,28H,4-5,14-15H2,1-3H3,(H,25,26,30)/t17-,18-/m0/s1. The zero-order valence-electron chi connectivity index (χ0n) is 19.5. The van der Waals surface area contributed by atoms with Crippen LogP contribution in [0.15, 0.2) is 52.9 Å². The van der Waals surface area contributed by atoms with Gasteiger partial charge in [-0.25, -0.2) is 13.1 Å². The number of hydrogen-bond acceptors (Lipinski definition) is 7. The SMILES string of the molecule is Cc1ccc(C(=O)Nc2nnc(S(=O)(=O)N[C@@H](C)c3ccc(N4CCC[C@H](C)C4)cc3)s2)cc1. The minimum atomic E-state index is -3.90. The number of amides is 1. The fraction of sp³-hybridized carbons (Fsp3) is 0.375. The molecule has 0 spiro atoms. The summed E-state index contributed by atoms with van der Waals surface area (Å²) >= 11 is 0.813. The summed E-state index contributed by atoms with van der Waals surface area (Å²) in [6.07, 6.45) is 2.45. The first-order valence-corrected chi connectivity index (χ1v) is 13.6. The topological polar surface area (TPSA) is 104 Å². The molecule has 0 saturated carbocycles. The number of nitrogens with one attached hydrogen (secondary N) is 2. The lowest BCUT2D eigenvalue weighted by Crippen LogP contribution is -2.34. The fourth-order valence-electron chi connectivity index (χ4n) is 3.99. The van der Waals surface area contributed by atoms with E-state index in [1.165, 1.54) is 12.8 Å². The van der Waals surface area contributed by atoms with E-state index in [2.05, 4.69) is 32.1 Å². The number of hydrogen-bond donors (Lipinski definition) is 2. The van der Waals surface area contributed by atoms with Gasteiger partial charge in [0.1, 0.15) is 0 Å². The fourth-order valence-corrected chi connectivity index (χ4v) is 6.14. The average Bonchev–Trinajstić information content (AvgIpc) is 3.29. The third-order valence-corrected chi connectivity index (χ3v) is 8.66. The van der Waals surface area contributed by atoms with E-state index in [4.69, 9.17) is 0 Å². The molecule has 3 aromatic rings. The molecule has 2 atom stereocenters. The average molecular weight is 500 g/mol. The van der Waals surface area contributed by atoms with Crippen molar-refractivity contribution in [2.75, 3.05) is 23.3 Å². The van der Waals surface area contributed by atoms with Crippen molar-refractivity contribution in [2.24, 2.45) is 5.92 Å². The van der Waals surface area contributed by atoms with Gasteiger partial charge >= 0.3 is 0 Å². The molecule has 34 heavy (non-hydrogen) atoms. The monoisotopic (exact) mass is 499 g/mol. The number of piperidine rings is 1. The molecule has 1 aliphatic heterocycles. The molecule has 1 amide bonds. The Hall–Kier alpha value is -2.82. The van der Waals surface area contributed by atoms with E-state index in [0.29, 0.717) is 11.5 Å². The summed E-state index contributed by atoms with van der Waals surface area (Å²) < 4.78 is 28.2. The second-order valence-electron chi connectivity index (χ2n) is 8.82. The maximum atomic E-state index is 12.8. The molecule has 8 nitrogen and oxygen atoms in total. The molecule has 1 aromatic heterocycles. The largest absolute Gasteiger partial charge is 0.371 e. The van der Waals surface area contributed by atoms with Gasteiger partial charge in [-0.1, -0.05) is 48.1 Å². The molecule has 2 heterocycles. The first kappa shape index (κ1) is 24.3. The smallest absolute Gasteiger partial charge is 0.270 e. The number of benzene rings is 2. The highest BCUT2D eigenvalue weighted by atomic mass is 32.2. The molecule has 2 aromatic carbocycles. The van der Waals surface area contributed by atoms with Crippen LogP contribution in [0.3, 0.4) is 0 Å². The molecular weight excluding hydrogens is 470 g/mol. The third-order valence-electron chi connectivity index (χ3n) is 5.92. The Morgan fingerprint density at radius 2 is 1.82 bits per heavy atom. The van der Waals surface area contributed by atoms with E-state index in [1.807, 2.05) is 43.3 Å². The lowest BCUT2D eigenvalue weighted by molar-refractivity contribution is 0.102. The van der Waals surface area contributed by atoms with Gasteiger partial charge in [0.15, 0.2) is 0 Å². The number of rotatable bonds is 7. The van der Waals surface area contributed by atoms with Gasteiger partial charge in [0, 0.05) is 30.4 Å². The number of anilines is 2. The number of sulfonamides is 1. The van der Waals surface area contributed by atoms with Crippen LogP contribution in [0, 0.1) is 12.8 Å². The third kappa shape index (κ3) is 5.81. The van der Waals surface area contributed by atoms with Crippen LogP contribution in [-0.4, -0.2) is 37.6 Å². The maximum absolute atomic E-state index is 12.8. The van der Waals surface area contributed by atoms with Crippen LogP contribution in [0.5, 0.6) is 0 Å². The van der Waals surface area contributed by atoms with E-state index in [-0.39, 0.29) is 15.4 Å². The summed E-state index contributed by atoms with van der Waals surface area (Å²) in [7, 11) is -3.90. The van der Waals surface area contributed by atoms with Gasteiger partial charge in [0.25, 0.3) is 15.9 Å². The molecule has 180 valence electrons. The predicted octanol–water partition coefficient (Wildman–Crippen LogP) is 4.37. The number of nitrogens with zero attached hydrogens (tertiary/aromatic N) is 3. The molecule has 1 saturated heterocycles. The Bertz CT molecular complexity index is 1240. The quantitative estimate of drug-likeness (QED) is 0.468. The van der Waals surface area contributed by atoms with Crippen LogP contribution in [0.1, 0.15) is 54.2 Å². The minimum absolute atomic E-state index is 0.124.